The second-order valence-corrected chi connectivity index (χ2v) is 8.81. The molecule has 4 unspecified atom stereocenters. The Hall–Kier alpha value is -2.25. The Morgan fingerprint density at radius 3 is 2.35 bits per heavy atom. The number of hydrogen-bond acceptors (Lipinski definition) is 5. The van der Waals surface area contributed by atoms with Gasteiger partial charge in [-0.25, -0.2) is 5.43 Å². The Labute approximate surface area is 185 Å². The third-order valence-electron chi connectivity index (χ3n) is 6.56. The van der Waals surface area contributed by atoms with Gasteiger partial charge in [0, 0.05) is 32.2 Å². The number of nitrogens with one attached hydrogen (secondary N) is 4. The molecule has 0 saturated carbocycles. The van der Waals surface area contributed by atoms with Crippen molar-refractivity contribution < 1.29 is 4.79 Å². The molecule has 2 aliphatic rings. The minimum absolute atomic E-state index is 0.0367. The molecule has 4 rings (SSSR count). The van der Waals surface area contributed by atoms with Crippen LogP contribution in [0.5, 0.6) is 0 Å². The van der Waals surface area contributed by atoms with Gasteiger partial charge in [-0.15, -0.1) is 0 Å². The molecule has 6 heteroatoms. The van der Waals surface area contributed by atoms with Gasteiger partial charge in [0.05, 0.1) is 12.0 Å². The fraction of sp³-hybridized carbons (Fsp3) is 0.480. The summed E-state index contributed by atoms with van der Waals surface area (Å²) < 4.78 is 0. The van der Waals surface area contributed by atoms with E-state index in [1.807, 2.05) is 30.1 Å². The summed E-state index contributed by atoms with van der Waals surface area (Å²) in [6.07, 6.45) is 5.68. The van der Waals surface area contributed by atoms with Gasteiger partial charge in [0.25, 0.3) is 0 Å². The molecule has 4 N–H and O–H groups in total. The van der Waals surface area contributed by atoms with Crippen LogP contribution in [0.4, 0.5) is 0 Å². The van der Waals surface area contributed by atoms with Crippen LogP contribution in [0.25, 0.3) is 0 Å². The van der Waals surface area contributed by atoms with Gasteiger partial charge in [0.1, 0.15) is 0 Å². The molecule has 2 aliphatic heterocycles. The number of carbonyl (C=O) groups excluding carboxylic acids is 1. The predicted octanol–water partition coefficient (Wildman–Crippen LogP) is 3.08. The van der Waals surface area contributed by atoms with Crippen molar-refractivity contribution in [3.63, 3.8) is 0 Å². The average Bonchev–Trinajstić information content (AvgIpc) is 3.49. The van der Waals surface area contributed by atoms with Crippen molar-refractivity contribution >= 4 is 5.91 Å². The fourth-order valence-corrected chi connectivity index (χ4v) is 4.73. The highest BCUT2D eigenvalue weighted by molar-refractivity contribution is 5.80. The fourth-order valence-electron chi connectivity index (χ4n) is 4.73. The quantitative estimate of drug-likeness (QED) is 0.469. The van der Waals surface area contributed by atoms with E-state index >= 15 is 0 Å². The summed E-state index contributed by atoms with van der Waals surface area (Å²) in [6.45, 7) is 1.49. The van der Waals surface area contributed by atoms with Crippen LogP contribution in [0.1, 0.15) is 55.3 Å². The molecule has 0 aromatic heterocycles. The molecular weight excluding hydrogens is 386 g/mol. The molecule has 1 amide bonds. The summed E-state index contributed by atoms with van der Waals surface area (Å²) in [5.74, 6) is 0.162. The lowest BCUT2D eigenvalue weighted by Crippen LogP contribution is -2.37. The van der Waals surface area contributed by atoms with Gasteiger partial charge < -0.3 is 4.90 Å². The van der Waals surface area contributed by atoms with Crippen LogP contribution in [-0.4, -0.2) is 37.0 Å². The molecule has 0 radical (unpaired) electrons. The van der Waals surface area contributed by atoms with Gasteiger partial charge in [-0.3, -0.25) is 21.1 Å². The minimum atomic E-state index is -0.0592. The van der Waals surface area contributed by atoms with Gasteiger partial charge in [-0.2, -0.15) is 0 Å². The first kappa shape index (κ1) is 22.0. The molecule has 6 nitrogen and oxygen atoms in total. The summed E-state index contributed by atoms with van der Waals surface area (Å²) in [6, 6.07) is 21.8. The highest BCUT2D eigenvalue weighted by Crippen LogP contribution is 2.27. The Balaban J connectivity index is 1.14. The maximum atomic E-state index is 13.0. The third-order valence-corrected chi connectivity index (χ3v) is 6.56. The van der Waals surface area contributed by atoms with Crippen LogP contribution in [-0.2, 0) is 4.79 Å². The number of hydrazine groups is 2. The van der Waals surface area contributed by atoms with Gasteiger partial charge in [-0.05, 0) is 30.4 Å². The van der Waals surface area contributed by atoms with Crippen molar-refractivity contribution in [3.05, 3.63) is 71.8 Å². The Morgan fingerprint density at radius 2 is 1.61 bits per heavy atom. The van der Waals surface area contributed by atoms with Crippen molar-refractivity contribution in [3.8, 4) is 0 Å². The SMILES string of the molecule is CN(CCCCCC1CC(c2ccccc2)NN1)C(=O)C1CNNC1c1ccccc1. The highest BCUT2D eigenvalue weighted by Gasteiger charge is 2.35. The second kappa shape index (κ2) is 10.9. The van der Waals surface area contributed by atoms with E-state index in [0.717, 1.165) is 31.4 Å². The molecule has 2 saturated heterocycles. The summed E-state index contributed by atoms with van der Waals surface area (Å²) in [5.41, 5.74) is 15.8. The maximum Gasteiger partial charge on any atom is 0.228 e. The van der Waals surface area contributed by atoms with Crippen LogP contribution < -0.4 is 21.7 Å². The van der Waals surface area contributed by atoms with E-state index in [9.17, 15) is 4.79 Å². The number of nitrogens with zero attached hydrogens (tertiary/aromatic N) is 1. The van der Waals surface area contributed by atoms with E-state index in [1.54, 1.807) is 0 Å². The summed E-state index contributed by atoms with van der Waals surface area (Å²) >= 11 is 0. The lowest BCUT2D eigenvalue weighted by atomic mass is 9.93. The van der Waals surface area contributed by atoms with E-state index in [-0.39, 0.29) is 17.9 Å². The van der Waals surface area contributed by atoms with E-state index in [0.29, 0.717) is 18.6 Å². The zero-order valence-corrected chi connectivity index (χ0v) is 18.4. The zero-order chi connectivity index (χ0) is 21.5. The van der Waals surface area contributed by atoms with Gasteiger partial charge >= 0.3 is 0 Å². The average molecular weight is 422 g/mol. The molecule has 2 aromatic carbocycles. The van der Waals surface area contributed by atoms with Crippen LogP contribution in [0, 0.1) is 5.92 Å². The van der Waals surface area contributed by atoms with Gasteiger partial charge in [0.15, 0.2) is 0 Å². The molecule has 0 spiro atoms. The molecule has 0 bridgehead atoms. The monoisotopic (exact) mass is 421 g/mol. The predicted molar refractivity (Wildman–Crippen MR) is 124 cm³/mol. The summed E-state index contributed by atoms with van der Waals surface area (Å²) in [7, 11) is 1.94. The van der Waals surface area contributed by atoms with E-state index < -0.39 is 0 Å². The third kappa shape index (κ3) is 5.71. The van der Waals surface area contributed by atoms with Crippen LogP contribution in [0.3, 0.4) is 0 Å². The van der Waals surface area contributed by atoms with E-state index in [4.69, 9.17) is 0 Å². The molecule has 31 heavy (non-hydrogen) atoms. The minimum Gasteiger partial charge on any atom is -0.345 e. The molecule has 2 fully saturated rings. The van der Waals surface area contributed by atoms with Crippen molar-refractivity contribution in [2.24, 2.45) is 5.92 Å². The van der Waals surface area contributed by atoms with Crippen molar-refractivity contribution in [2.45, 2.75) is 50.2 Å². The smallest absolute Gasteiger partial charge is 0.228 e. The lowest BCUT2D eigenvalue weighted by Gasteiger charge is -2.24. The number of rotatable bonds is 9. The lowest BCUT2D eigenvalue weighted by molar-refractivity contribution is -0.134. The Morgan fingerprint density at radius 1 is 0.903 bits per heavy atom. The Bertz CT molecular complexity index is 815. The number of carbonyl (C=O) groups is 1. The topological polar surface area (TPSA) is 68.4 Å². The van der Waals surface area contributed by atoms with Gasteiger partial charge in [-0.1, -0.05) is 73.5 Å². The van der Waals surface area contributed by atoms with Crippen molar-refractivity contribution in [1.82, 2.24) is 26.6 Å². The number of unbranched alkanes of at least 4 members (excludes halogenated alkanes) is 2. The number of amides is 1. The molecule has 166 valence electrons. The normalized spacial score (nSPS) is 25.6. The summed E-state index contributed by atoms with van der Waals surface area (Å²) in [5, 5.41) is 0. The first-order valence-corrected chi connectivity index (χ1v) is 11.6. The maximum absolute atomic E-state index is 13.0. The standard InChI is InChI=1S/C25H35N5O/c1-30(25(31)22-18-26-29-24(22)20-13-7-3-8-14-20)16-10-4-9-15-21-17-23(28-27-21)19-11-5-2-6-12-19/h2-3,5-8,11-14,21-24,26-29H,4,9-10,15-18H2,1H3. The molecule has 2 aromatic rings. The first-order valence-electron chi connectivity index (χ1n) is 11.6. The molecular formula is C25H35N5O. The van der Waals surface area contributed by atoms with Gasteiger partial charge in [0.2, 0.25) is 5.91 Å². The first-order chi connectivity index (χ1) is 15.2. The van der Waals surface area contributed by atoms with Crippen LogP contribution in [0.2, 0.25) is 0 Å². The highest BCUT2D eigenvalue weighted by atomic mass is 16.2. The van der Waals surface area contributed by atoms with E-state index in [1.165, 1.54) is 18.4 Å². The second-order valence-electron chi connectivity index (χ2n) is 8.81. The largest absolute Gasteiger partial charge is 0.345 e. The summed E-state index contributed by atoms with van der Waals surface area (Å²) in [4.78, 5) is 14.9. The molecule has 4 atom stereocenters. The van der Waals surface area contributed by atoms with Crippen molar-refractivity contribution in [2.75, 3.05) is 20.1 Å². The van der Waals surface area contributed by atoms with Crippen LogP contribution >= 0.6 is 0 Å². The van der Waals surface area contributed by atoms with Crippen molar-refractivity contribution in [1.29, 1.82) is 0 Å². The van der Waals surface area contributed by atoms with E-state index in [2.05, 4.69) is 64.2 Å². The number of hydrogen-bond donors (Lipinski definition) is 4. The molecule has 0 aliphatic carbocycles. The van der Waals surface area contributed by atoms with Crippen LogP contribution in [0.15, 0.2) is 60.7 Å². The Kier molecular flexibility index (Phi) is 7.70. The molecule has 2 heterocycles. The number of benzene rings is 2. The zero-order valence-electron chi connectivity index (χ0n) is 18.4.